The molecule has 2 saturated heterocycles. The second kappa shape index (κ2) is 6.38. The molecule has 3 aliphatic heterocycles. The first-order chi connectivity index (χ1) is 14.9. The SMILES string of the molecule is O=C1CC(C(=O)NC23CC2(C(=O)N2CCC4(CC2)CN(Cc2ccccc2)C4)C3)=NN1. The molecule has 162 valence electrons. The van der Waals surface area contributed by atoms with Crippen molar-refractivity contribution in [2.75, 3.05) is 26.2 Å². The van der Waals surface area contributed by atoms with Crippen LogP contribution in [-0.4, -0.2) is 65.0 Å². The molecule has 8 heteroatoms. The largest absolute Gasteiger partial charge is 0.344 e. The van der Waals surface area contributed by atoms with Gasteiger partial charge in [0.2, 0.25) is 11.8 Å². The van der Waals surface area contributed by atoms with Crippen molar-refractivity contribution >= 4 is 23.4 Å². The lowest BCUT2D eigenvalue weighted by Gasteiger charge is -2.54. The van der Waals surface area contributed by atoms with E-state index in [2.05, 4.69) is 45.0 Å². The van der Waals surface area contributed by atoms with Gasteiger partial charge >= 0.3 is 0 Å². The molecule has 2 saturated carbocycles. The average Bonchev–Trinajstić information content (AvgIpc) is 3.48. The number of piperidine rings is 1. The minimum atomic E-state index is -0.400. The van der Waals surface area contributed by atoms with Gasteiger partial charge in [0.1, 0.15) is 5.71 Å². The van der Waals surface area contributed by atoms with E-state index < -0.39 is 11.0 Å². The molecule has 2 aliphatic carbocycles. The van der Waals surface area contributed by atoms with Gasteiger partial charge in [0.25, 0.3) is 5.91 Å². The van der Waals surface area contributed by atoms with Gasteiger partial charge in [-0.1, -0.05) is 30.3 Å². The zero-order valence-electron chi connectivity index (χ0n) is 17.5. The summed E-state index contributed by atoms with van der Waals surface area (Å²) in [5, 5.41) is 6.75. The van der Waals surface area contributed by atoms with Gasteiger partial charge in [0.15, 0.2) is 0 Å². The van der Waals surface area contributed by atoms with E-state index in [-0.39, 0.29) is 29.9 Å². The van der Waals surface area contributed by atoms with Crippen molar-refractivity contribution in [1.29, 1.82) is 0 Å². The Labute approximate surface area is 181 Å². The van der Waals surface area contributed by atoms with Crippen molar-refractivity contribution in [3.8, 4) is 0 Å². The van der Waals surface area contributed by atoms with Gasteiger partial charge in [-0.2, -0.15) is 5.10 Å². The number of nitrogens with zero attached hydrogens (tertiary/aromatic N) is 3. The molecule has 3 amide bonds. The number of fused-ring (bicyclic) bond motifs is 1. The Balaban J connectivity index is 0.990. The van der Waals surface area contributed by atoms with Crippen LogP contribution in [0.3, 0.4) is 0 Å². The summed E-state index contributed by atoms with van der Waals surface area (Å²) in [5.74, 6) is -0.390. The molecule has 0 aromatic heterocycles. The van der Waals surface area contributed by atoms with Crippen LogP contribution in [0.25, 0.3) is 0 Å². The fourth-order valence-electron chi connectivity index (χ4n) is 5.89. The van der Waals surface area contributed by atoms with Gasteiger partial charge < -0.3 is 10.2 Å². The van der Waals surface area contributed by atoms with Gasteiger partial charge in [0, 0.05) is 32.7 Å². The second-order valence-corrected chi connectivity index (χ2v) is 10.2. The van der Waals surface area contributed by atoms with Crippen LogP contribution in [0.2, 0.25) is 0 Å². The summed E-state index contributed by atoms with van der Waals surface area (Å²) in [5.41, 5.74) is 3.43. The first-order valence-corrected chi connectivity index (χ1v) is 11.2. The van der Waals surface area contributed by atoms with Crippen LogP contribution >= 0.6 is 0 Å². The lowest BCUT2D eigenvalue weighted by molar-refractivity contribution is -0.140. The molecule has 2 N–H and O–H groups in total. The summed E-state index contributed by atoms with van der Waals surface area (Å²) in [6.45, 7) is 4.86. The maximum Gasteiger partial charge on any atom is 0.268 e. The summed E-state index contributed by atoms with van der Waals surface area (Å²) >= 11 is 0. The monoisotopic (exact) mass is 421 g/mol. The number of carbonyl (C=O) groups excluding carboxylic acids is 3. The van der Waals surface area contributed by atoms with E-state index in [0.29, 0.717) is 18.3 Å². The Bertz CT molecular complexity index is 982. The summed E-state index contributed by atoms with van der Waals surface area (Å²) < 4.78 is 0. The molecule has 5 aliphatic rings. The second-order valence-electron chi connectivity index (χ2n) is 10.2. The zero-order valence-corrected chi connectivity index (χ0v) is 17.5. The summed E-state index contributed by atoms with van der Waals surface area (Å²) in [4.78, 5) is 41.3. The van der Waals surface area contributed by atoms with Crippen LogP contribution in [0.5, 0.6) is 0 Å². The molecule has 3 heterocycles. The number of benzene rings is 1. The van der Waals surface area contributed by atoms with Crippen LogP contribution in [0.1, 0.15) is 37.7 Å². The lowest BCUT2D eigenvalue weighted by Crippen LogP contribution is -2.60. The Morgan fingerprint density at radius 3 is 2.45 bits per heavy atom. The Kier molecular flexibility index (Phi) is 3.91. The molecule has 4 fully saturated rings. The van der Waals surface area contributed by atoms with Crippen LogP contribution < -0.4 is 10.7 Å². The summed E-state index contributed by atoms with van der Waals surface area (Å²) in [6.07, 6.45) is 3.56. The number of hydrogen-bond acceptors (Lipinski definition) is 5. The van der Waals surface area contributed by atoms with Crippen LogP contribution in [-0.2, 0) is 20.9 Å². The van der Waals surface area contributed by atoms with Gasteiger partial charge in [-0.15, -0.1) is 0 Å². The van der Waals surface area contributed by atoms with E-state index in [1.807, 2.05) is 11.0 Å². The van der Waals surface area contributed by atoms with Crippen LogP contribution in [0, 0.1) is 10.8 Å². The number of rotatable bonds is 5. The van der Waals surface area contributed by atoms with E-state index in [4.69, 9.17) is 0 Å². The normalized spacial score (nSPS) is 32.6. The van der Waals surface area contributed by atoms with Crippen LogP contribution in [0.4, 0.5) is 0 Å². The number of carbonyl (C=O) groups is 3. The third-order valence-electron chi connectivity index (χ3n) is 8.02. The van der Waals surface area contributed by atoms with Gasteiger partial charge in [0.05, 0.1) is 17.4 Å². The van der Waals surface area contributed by atoms with E-state index >= 15 is 0 Å². The average molecular weight is 422 g/mol. The molecule has 8 nitrogen and oxygen atoms in total. The topological polar surface area (TPSA) is 94.1 Å². The molecule has 1 aromatic rings. The van der Waals surface area contributed by atoms with Gasteiger partial charge in [-0.05, 0) is 36.7 Å². The van der Waals surface area contributed by atoms with Crippen LogP contribution in [0.15, 0.2) is 35.4 Å². The minimum Gasteiger partial charge on any atom is -0.344 e. The highest BCUT2D eigenvalue weighted by atomic mass is 16.2. The Morgan fingerprint density at radius 1 is 1.10 bits per heavy atom. The minimum absolute atomic E-state index is 0.0123. The maximum absolute atomic E-state index is 13.2. The molecule has 1 spiro atoms. The third-order valence-corrected chi connectivity index (χ3v) is 8.02. The molecular weight excluding hydrogens is 394 g/mol. The Hall–Kier alpha value is -2.74. The maximum atomic E-state index is 13.2. The number of nitrogens with one attached hydrogen (secondary N) is 2. The quantitative estimate of drug-likeness (QED) is 0.730. The predicted molar refractivity (Wildman–Crippen MR) is 113 cm³/mol. The zero-order chi connectivity index (χ0) is 21.3. The van der Waals surface area contributed by atoms with E-state index in [1.54, 1.807) is 0 Å². The molecule has 6 rings (SSSR count). The van der Waals surface area contributed by atoms with Gasteiger partial charge in [-0.3, -0.25) is 19.3 Å². The predicted octanol–water partition coefficient (Wildman–Crippen LogP) is 0.636. The highest BCUT2D eigenvalue weighted by Crippen LogP contribution is 2.79. The molecule has 0 bridgehead atoms. The van der Waals surface area contributed by atoms with E-state index in [9.17, 15) is 14.4 Å². The number of hydrazone groups is 1. The van der Waals surface area contributed by atoms with Crippen molar-refractivity contribution in [3.63, 3.8) is 0 Å². The highest BCUT2D eigenvalue weighted by Gasteiger charge is 2.88. The van der Waals surface area contributed by atoms with Crippen molar-refractivity contribution in [2.24, 2.45) is 15.9 Å². The van der Waals surface area contributed by atoms with Crippen molar-refractivity contribution in [1.82, 2.24) is 20.5 Å². The highest BCUT2D eigenvalue weighted by molar-refractivity contribution is 6.43. The summed E-state index contributed by atoms with van der Waals surface area (Å²) in [6, 6.07) is 10.6. The molecule has 0 atom stereocenters. The molecule has 0 radical (unpaired) electrons. The first kappa shape index (κ1) is 19.0. The number of likely N-dealkylation sites (tertiary alicyclic amines) is 2. The molecular formula is C23H27N5O3. The fourth-order valence-corrected chi connectivity index (χ4v) is 5.89. The van der Waals surface area contributed by atoms with E-state index in [1.165, 1.54) is 5.56 Å². The number of amides is 3. The smallest absolute Gasteiger partial charge is 0.268 e. The fraction of sp³-hybridized carbons (Fsp3) is 0.565. The standard InChI is InChI=1S/C23H27N5O3/c29-18-10-17(25-26-18)19(30)24-23-12-22(23,13-23)20(31)28-8-6-21(7-9-28)14-27(15-21)11-16-4-2-1-3-5-16/h1-5H,6-15H2,(H,24,30)(H,26,29). The van der Waals surface area contributed by atoms with Crippen molar-refractivity contribution < 1.29 is 14.4 Å². The van der Waals surface area contributed by atoms with E-state index in [0.717, 1.165) is 45.6 Å². The number of hydrogen-bond donors (Lipinski definition) is 2. The molecule has 1 aromatic carbocycles. The third kappa shape index (κ3) is 2.99. The van der Waals surface area contributed by atoms with Crippen molar-refractivity contribution in [3.05, 3.63) is 35.9 Å². The molecule has 0 unspecified atom stereocenters. The van der Waals surface area contributed by atoms with Gasteiger partial charge in [-0.25, -0.2) is 5.43 Å². The van der Waals surface area contributed by atoms with Crippen molar-refractivity contribution in [2.45, 2.75) is 44.2 Å². The summed E-state index contributed by atoms with van der Waals surface area (Å²) in [7, 11) is 0. The molecule has 31 heavy (non-hydrogen) atoms. The Morgan fingerprint density at radius 2 is 1.81 bits per heavy atom. The first-order valence-electron chi connectivity index (χ1n) is 11.2. The lowest BCUT2D eigenvalue weighted by atomic mass is 9.71.